The van der Waals surface area contributed by atoms with Crippen LogP contribution in [0.1, 0.15) is 17.6 Å². The molecule has 1 aromatic rings. The first kappa shape index (κ1) is 12.7. The Hall–Kier alpha value is -2.32. The summed E-state index contributed by atoms with van der Waals surface area (Å²) in [4.78, 5) is 23.0. The molecule has 0 radical (unpaired) electrons. The first-order chi connectivity index (χ1) is 7.84. The molecule has 0 saturated heterocycles. The summed E-state index contributed by atoms with van der Waals surface area (Å²) in [5.41, 5.74) is -1.87. The quantitative estimate of drug-likeness (QED) is 0.612. The van der Waals surface area contributed by atoms with Crippen LogP contribution in [-0.2, 0) is 11.2 Å². The third kappa shape index (κ3) is 2.62. The fourth-order valence-electron chi connectivity index (χ4n) is 1.27. The molecule has 0 unspecified atom stereocenters. The molecule has 7 nitrogen and oxygen atoms in total. The van der Waals surface area contributed by atoms with Crippen molar-refractivity contribution in [3.05, 3.63) is 27.4 Å². The van der Waals surface area contributed by atoms with E-state index in [2.05, 4.69) is 4.98 Å². The fourth-order valence-corrected chi connectivity index (χ4v) is 1.27. The van der Waals surface area contributed by atoms with E-state index in [1.165, 1.54) is 0 Å². The second-order valence-electron chi connectivity index (χ2n) is 2.99. The van der Waals surface area contributed by atoms with Crippen LogP contribution in [0.25, 0.3) is 0 Å². The first-order valence-corrected chi connectivity index (χ1v) is 4.19. The van der Waals surface area contributed by atoms with Gasteiger partial charge in [0.25, 0.3) is 6.43 Å². The minimum absolute atomic E-state index is 0.491. The molecule has 0 aliphatic rings. The van der Waals surface area contributed by atoms with Crippen LogP contribution in [0.2, 0.25) is 0 Å². The monoisotopic (exact) mass is 248 g/mol. The maximum atomic E-state index is 12.6. The van der Waals surface area contributed by atoms with E-state index in [4.69, 9.17) is 10.2 Å². The smallest absolute Gasteiger partial charge is 0.367 e. The van der Waals surface area contributed by atoms with Crippen molar-refractivity contribution in [1.29, 1.82) is 0 Å². The van der Waals surface area contributed by atoms with Crippen molar-refractivity contribution in [2.75, 3.05) is 0 Å². The van der Waals surface area contributed by atoms with Crippen molar-refractivity contribution >= 4 is 11.8 Å². The number of rotatable bonds is 4. The number of carboxylic acid groups (broad SMARTS) is 1. The van der Waals surface area contributed by atoms with Gasteiger partial charge in [-0.1, -0.05) is 0 Å². The summed E-state index contributed by atoms with van der Waals surface area (Å²) in [6.45, 7) is 0. The Bertz CT molecular complexity index is 477. The van der Waals surface area contributed by atoms with Gasteiger partial charge in [-0.3, -0.25) is 4.79 Å². The van der Waals surface area contributed by atoms with Gasteiger partial charge in [0.2, 0.25) is 0 Å². The average Bonchev–Trinajstić information content (AvgIpc) is 2.15. The standard InChI is InChI=1S/C8H6F2N2O5/c9-7(10)6-3(1-5(14)15)8(12(16)17)11-2-4(6)13/h2,7,13H,1H2,(H,14,15). The van der Waals surface area contributed by atoms with Gasteiger partial charge in [0.15, 0.2) is 11.9 Å². The fraction of sp³-hybridized carbons (Fsp3) is 0.250. The Balaban J connectivity index is 3.49. The number of aromatic nitrogens is 1. The van der Waals surface area contributed by atoms with Gasteiger partial charge in [0.1, 0.15) is 0 Å². The molecule has 92 valence electrons. The van der Waals surface area contributed by atoms with Crippen molar-refractivity contribution < 1.29 is 28.7 Å². The molecule has 1 aromatic heterocycles. The van der Waals surface area contributed by atoms with Gasteiger partial charge in [-0.15, -0.1) is 0 Å². The maximum Gasteiger partial charge on any atom is 0.367 e. The topological polar surface area (TPSA) is 114 Å². The third-order valence-corrected chi connectivity index (χ3v) is 1.90. The molecule has 1 rings (SSSR count). The van der Waals surface area contributed by atoms with Crippen molar-refractivity contribution in [3.8, 4) is 5.75 Å². The lowest BCUT2D eigenvalue weighted by Gasteiger charge is -2.08. The van der Waals surface area contributed by atoms with Crippen LogP contribution in [-0.4, -0.2) is 26.1 Å². The zero-order valence-corrected chi connectivity index (χ0v) is 8.13. The van der Waals surface area contributed by atoms with E-state index in [9.17, 15) is 23.7 Å². The van der Waals surface area contributed by atoms with Crippen LogP contribution in [0.5, 0.6) is 5.75 Å². The molecule has 0 saturated carbocycles. The van der Waals surface area contributed by atoms with Crippen LogP contribution >= 0.6 is 0 Å². The number of hydrogen-bond acceptors (Lipinski definition) is 5. The molecular weight excluding hydrogens is 242 g/mol. The zero-order chi connectivity index (χ0) is 13.2. The SMILES string of the molecule is O=C(O)Cc1c([N+](=O)[O-])ncc(O)c1C(F)F. The Labute approximate surface area is 92.5 Å². The van der Waals surface area contributed by atoms with Gasteiger partial charge in [0.05, 0.1) is 17.5 Å². The number of pyridine rings is 1. The van der Waals surface area contributed by atoms with Gasteiger partial charge in [0, 0.05) is 0 Å². The Kier molecular flexibility index (Phi) is 3.51. The van der Waals surface area contributed by atoms with Crippen molar-refractivity contribution in [3.63, 3.8) is 0 Å². The van der Waals surface area contributed by atoms with Gasteiger partial charge < -0.3 is 20.3 Å². The Morgan fingerprint density at radius 1 is 1.59 bits per heavy atom. The molecule has 0 aliphatic carbocycles. The molecule has 0 fully saturated rings. The number of aromatic hydroxyl groups is 1. The van der Waals surface area contributed by atoms with Gasteiger partial charge >= 0.3 is 11.8 Å². The lowest BCUT2D eigenvalue weighted by molar-refractivity contribution is -0.390. The number of alkyl halides is 2. The van der Waals surface area contributed by atoms with Crippen molar-refractivity contribution in [2.24, 2.45) is 0 Å². The molecule has 1 heterocycles. The Morgan fingerprint density at radius 2 is 2.18 bits per heavy atom. The van der Waals surface area contributed by atoms with Gasteiger partial charge in [-0.25, -0.2) is 8.78 Å². The minimum Gasteiger partial charge on any atom is -0.504 e. The number of halogens is 2. The summed E-state index contributed by atoms with van der Waals surface area (Å²) in [7, 11) is 0. The summed E-state index contributed by atoms with van der Waals surface area (Å²) in [6.07, 6.45) is -3.76. The highest BCUT2D eigenvalue weighted by Crippen LogP contribution is 2.35. The number of carbonyl (C=O) groups is 1. The molecule has 0 bridgehead atoms. The van der Waals surface area contributed by atoms with Crippen molar-refractivity contribution in [1.82, 2.24) is 4.98 Å². The first-order valence-electron chi connectivity index (χ1n) is 4.19. The summed E-state index contributed by atoms with van der Waals surface area (Å²) in [5, 5.41) is 28.1. The minimum atomic E-state index is -3.23. The molecule has 17 heavy (non-hydrogen) atoms. The van der Waals surface area contributed by atoms with Crippen LogP contribution < -0.4 is 0 Å². The van der Waals surface area contributed by atoms with E-state index in [0.717, 1.165) is 0 Å². The number of aliphatic carboxylic acids is 1. The van der Waals surface area contributed by atoms with Crippen LogP contribution in [0.3, 0.4) is 0 Å². The van der Waals surface area contributed by atoms with E-state index in [-0.39, 0.29) is 0 Å². The third-order valence-electron chi connectivity index (χ3n) is 1.90. The van der Waals surface area contributed by atoms with Crippen LogP contribution in [0.15, 0.2) is 6.20 Å². The predicted octanol–water partition coefficient (Wildman–Crippen LogP) is 1.26. The number of carboxylic acids is 1. The molecule has 0 spiro atoms. The number of nitro groups is 1. The lowest BCUT2D eigenvalue weighted by Crippen LogP contribution is -2.09. The molecule has 2 N–H and O–H groups in total. The molecule has 0 amide bonds. The zero-order valence-electron chi connectivity index (χ0n) is 8.13. The predicted molar refractivity (Wildman–Crippen MR) is 48.9 cm³/mol. The highest BCUT2D eigenvalue weighted by atomic mass is 19.3. The second-order valence-corrected chi connectivity index (χ2v) is 2.99. The summed E-state index contributed by atoms with van der Waals surface area (Å²) in [6, 6.07) is 0. The number of hydrogen-bond donors (Lipinski definition) is 2. The summed E-state index contributed by atoms with van der Waals surface area (Å²) in [5.74, 6) is -3.51. The van der Waals surface area contributed by atoms with Crippen molar-refractivity contribution in [2.45, 2.75) is 12.8 Å². The normalized spacial score (nSPS) is 10.5. The van der Waals surface area contributed by atoms with Gasteiger partial charge in [-0.2, -0.15) is 0 Å². The molecular formula is C8H6F2N2O5. The molecule has 0 aromatic carbocycles. The largest absolute Gasteiger partial charge is 0.504 e. The van der Waals surface area contributed by atoms with Gasteiger partial charge in [-0.05, 0) is 9.91 Å². The van der Waals surface area contributed by atoms with E-state index in [1.54, 1.807) is 0 Å². The molecule has 0 aliphatic heterocycles. The lowest BCUT2D eigenvalue weighted by atomic mass is 10.1. The van der Waals surface area contributed by atoms with Crippen LogP contribution in [0, 0.1) is 10.1 Å². The second kappa shape index (κ2) is 4.68. The summed E-state index contributed by atoms with van der Waals surface area (Å²) >= 11 is 0. The maximum absolute atomic E-state index is 12.6. The van der Waals surface area contributed by atoms with E-state index in [1.807, 2.05) is 0 Å². The highest BCUT2D eigenvalue weighted by molar-refractivity contribution is 5.73. The Morgan fingerprint density at radius 3 is 2.59 bits per heavy atom. The highest BCUT2D eigenvalue weighted by Gasteiger charge is 2.29. The molecule has 9 heteroatoms. The van der Waals surface area contributed by atoms with E-state index in [0.29, 0.717) is 6.20 Å². The number of nitrogens with zero attached hydrogens (tertiary/aromatic N) is 2. The molecule has 0 atom stereocenters. The average molecular weight is 248 g/mol. The summed E-state index contributed by atoms with van der Waals surface area (Å²) < 4.78 is 25.2. The van der Waals surface area contributed by atoms with E-state index >= 15 is 0 Å². The van der Waals surface area contributed by atoms with E-state index < -0.39 is 46.4 Å². The van der Waals surface area contributed by atoms with Crippen LogP contribution in [0.4, 0.5) is 14.6 Å².